The highest BCUT2D eigenvalue weighted by Gasteiger charge is 2.42. The molecule has 0 aliphatic carbocycles. The van der Waals surface area contributed by atoms with E-state index in [4.69, 9.17) is 0 Å². The highest BCUT2D eigenvalue weighted by molar-refractivity contribution is 7.98. The van der Waals surface area contributed by atoms with Gasteiger partial charge in [-0.3, -0.25) is 19.3 Å². The van der Waals surface area contributed by atoms with Crippen LogP contribution in [0, 0.1) is 12.7 Å². The van der Waals surface area contributed by atoms with Crippen molar-refractivity contribution in [3.63, 3.8) is 0 Å². The second-order valence-corrected chi connectivity index (χ2v) is 7.61. The summed E-state index contributed by atoms with van der Waals surface area (Å²) in [6.07, 6.45) is 2.24. The molecule has 0 bridgehead atoms. The summed E-state index contributed by atoms with van der Waals surface area (Å²) in [5, 5.41) is 2.74. The van der Waals surface area contributed by atoms with Crippen LogP contribution in [-0.4, -0.2) is 40.7 Å². The minimum atomic E-state index is -0.907. The number of aryl methyl sites for hydroxylation is 1. The number of benzene rings is 2. The molecule has 146 valence electrons. The molecule has 0 aromatic heterocycles. The number of hydrogen-bond donors (Lipinski definition) is 1. The van der Waals surface area contributed by atoms with E-state index in [-0.39, 0.29) is 12.4 Å². The third-order valence-corrected chi connectivity index (χ3v) is 5.38. The van der Waals surface area contributed by atoms with E-state index in [1.165, 1.54) is 17.8 Å². The Balaban J connectivity index is 1.78. The SMILES string of the molecule is CSCCC(C(=O)NCc1ccc(C)c(F)c1)N1C(=O)c2ccccc2C1=O. The Hall–Kier alpha value is -2.67. The first-order chi connectivity index (χ1) is 13.4. The topological polar surface area (TPSA) is 66.5 Å². The quantitative estimate of drug-likeness (QED) is 0.725. The molecule has 2 aromatic carbocycles. The lowest BCUT2D eigenvalue weighted by molar-refractivity contribution is -0.125. The zero-order valence-electron chi connectivity index (χ0n) is 15.7. The summed E-state index contributed by atoms with van der Waals surface area (Å²) < 4.78 is 13.7. The molecule has 2 aromatic rings. The Bertz CT molecular complexity index is 897. The average molecular weight is 400 g/mol. The highest BCUT2D eigenvalue weighted by atomic mass is 32.2. The van der Waals surface area contributed by atoms with Crippen molar-refractivity contribution in [1.29, 1.82) is 0 Å². The summed E-state index contributed by atoms with van der Waals surface area (Å²) in [5.74, 6) is -1.06. The Kier molecular flexibility index (Phi) is 6.14. The fraction of sp³-hybridized carbons (Fsp3) is 0.286. The van der Waals surface area contributed by atoms with Crippen molar-refractivity contribution in [3.05, 3.63) is 70.5 Å². The van der Waals surface area contributed by atoms with Crippen molar-refractivity contribution in [3.8, 4) is 0 Å². The van der Waals surface area contributed by atoms with Crippen LogP contribution in [0.4, 0.5) is 4.39 Å². The molecule has 7 heteroatoms. The number of carbonyl (C=O) groups is 3. The molecule has 1 N–H and O–H groups in total. The van der Waals surface area contributed by atoms with Gasteiger partial charge >= 0.3 is 0 Å². The summed E-state index contributed by atoms with van der Waals surface area (Å²) >= 11 is 1.53. The van der Waals surface area contributed by atoms with E-state index in [1.54, 1.807) is 43.3 Å². The van der Waals surface area contributed by atoms with Crippen LogP contribution in [0.3, 0.4) is 0 Å². The Morgan fingerprint density at radius 3 is 2.36 bits per heavy atom. The lowest BCUT2D eigenvalue weighted by Crippen LogP contribution is -2.49. The molecule has 1 atom stereocenters. The largest absolute Gasteiger partial charge is 0.350 e. The molecule has 0 saturated carbocycles. The smallest absolute Gasteiger partial charge is 0.262 e. The summed E-state index contributed by atoms with van der Waals surface area (Å²) in [7, 11) is 0. The number of carbonyl (C=O) groups excluding carboxylic acids is 3. The molecule has 1 unspecified atom stereocenters. The molecule has 3 rings (SSSR count). The van der Waals surface area contributed by atoms with Gasteiger partial charge in [0.05, 0.1) is 11.1 Å². The van der Waals surface area contributed by atoms with Gasteiger partial charge in [0.15, 0.2) is 0 Å². The molecular weight excluding hydrogens is 379 g/mol. The number of nitrogens with zero attached hydrogens (tertiary/aromatic N) is 1. The summed E-state index contributed by atoms with van der Waals surface area (Å²) in [6.45, 7) is 1.79. The third kappa shape index (κ3) is 3.94. The second-order valence-electron chi connectivity index (χ2n) is 6.62. The van der Waals surface area contributed by atoms with E-state index in [0.717, 1.165) is 4.90 Å². The van der Waals surface area contributed by atoms with E-state index in [1.807, 2.05) is 6.26 Å². The van der Waals surface area contributed by atoms with Crippen molar-refractivity contribution in [2.75, 3.05) is 12.0 Å². The van der Waals surface area contributed by atoms with Crippen LogP contribution in [-0.2, 0) is 11.3 Å². The van der Waals surface area contributed by atoms with E-state index >= 15 is 0 Å². The van der Waals surface area contributed by atoms with Crippen molar-refractivity contribution < 1.29 is 18.8 Å². The maximum Gasteiger partial charge on any atom is 0.262 e. The van der Waals surface area contributed by atoms with Crippen molar-refractivity contribution in [2.45, 2.75) is 25.9 Å². The molecule has 3 amide bonds. The van der Waals surface area contributed by atoms with E-state index < -0.39 is 23.8 Å². The normalized spacial score (nSPS) is 14.2. The number of halogens is 1. The number of nitrogens with one attached hydrogen (secondary N) is 1. The van der Waals surface area contributed by atoms with Gasteiger partial charge < -0.3 is 5.32 Å². The van der Waals surface area contributed by atoms with Gasteiger partial charge in [0.25, 0.3) is 11.8 Å². The number of fused-ring (bicyclic) bond motifs is 1. The molecule has 0 radical (unpaired) electrons. The van der Waals surface area contributed by atoms with Crippen LogP contribution in [0.2, 0.25) is 0 Å². The molecule has 1 heterocycles. The summed E-state index contributed by atoms with van der Waals surface area (Å²) in [5.41, 5.74) is 1.77. The minimum Gasteiger partial charge on any atom is -0.350 e. The van der Waals surface area contributed by atoms with Crippen LogP contribution in [0.5, 0.6) is 0 Å². The number of amides is 3. The highest BCUT2D eigenvalue weighted by Crippen LogP contribution is 2.26. The van der Waals surface area contributed by atoms with Crippen molar-refractivity contribution in [2.24, 2.45) is 0 Å². The van der Waals surface area contributed by atoms with Gasteiger partial charge in [-0.15, -0.1) is 0 Å². The summed E-state index contributed by atoms with van der Waals surface area (Å²) in [4.78, 5) is 39.4. The second kappa shape index (κ2) is 8.56. The number of thioether (sulfide) groups is 1. The molecule has 28 heavy (non-hydrogen) atoms. The lowest BCUT2D eigenvalue weighted by Gasteiger charge is -2.25. The Labute approximate surface area is 167 Å². The van der Waals surface area contributed by atoms with Gasteiger partial charge in [0, 0.05) is 6.54 Å². The molecule has 5 nitrogen and oxygen atoms in total. The third-order valence-electron chi connectivity index (χ3n) is 4.74. The first kappa shape index (κ1) is 20.1. The van der Waals surface area contributed by atoms with E-state index in [2.05, 4.69) is 5.32 Å². The molecule has 1 aliphatic heterocycles. The zero-order valence-corrected chi connectivity index (χ0v) is 16.5. The van der Waals surface area contributed by atoms with Crippen molar-refractivity contribution >= 4 is 29.5 Å². The maximum absolute atomic E-state index is 13.7. The van der Waals surface area contributed by atoms with Crippen LogP contribution in [0.1, 0.15) is 38.3 Å². The number of hydrogen-bond acceptors (Lipinski definition) is 4. The van der Waals surface area contributed by atoms with E-state index in [9.17, 15) is 18.8 Å². The van der Waals surface area contributed by atoms with Crippen LogP contribution < -0.4 is 5.32 Å². The minimum absolute atomic E-state index is 0.120. The maximum atomic E-state index is 13.7. The molecule has 1 aliphatic rings. The number of imide groups is 1. The average Bonchev–Trinajstić information content (AvgIpc) is 2.94. The van der Waals surface area contributed by atoms with Gasteiger partial charge in [0.2, 0.25) is 5.91 Å². The molecule has 0 spiro atoms. The molecule has 0 fully saturated rings. The Morgan fingerprint density at radius 1 is 1.14 bits per heavy atom. The first-order valence-corrected chi connectivity index (χ1v) is 10.3. The van der Waals surface area contributed by atoms with Crippen LogP contribution >= 0.6 is 11.8 Å². The molecular formula is C21H21FN2O3S. The van der Waals surface area contributed by atoms with E-state index in [0.29, 0.717) is 34.4 Å². The Morgan fingerprint density at radius 2 is 1.79 bits per heavy atom. The van der Waals surface area contributed by atoms with Crippen molar-refractivity contribution in [1.82, 2.24) is 10.2 Å². The number of rotatable bonds is 7. The van der Waals surface area contributed by atoms with Gasteiger partial charge in [-0.2, -0.15) is 11.8 Å². The van der Waals surface area contributed by atoms with Gasteiger partial charge in [-0.25, -0.2) is 4.39 Å². The molecule has 0 saturated heterocycles. The van der Waals surface area contributed by atoms with Crippen LogP contribution in [0.25, 0.3) is 0 Å². The standard InChI is InChI=1S/C21H21FN2O3S/c1-13-7-8-14(11-17(13)22)12-23-19(25)18(9-10-28-2)24-20(26)15-5-3-4-6-16(15)21(24)27/h3-8,11,18H,9-10,12H2,1-2H3,(H,23,25). The van der Waals surface area contributed by atoms with Gasteiger partial charge in [-0.05, 0) is 54.7 Å². The predicted octanol–water partition coefficient (Wildman–Crippen LogP) is 3.17. The monoisotopic (exact) mass is 400 g/mol. The van der Waals surface area contributed by atoms with Crippen LogP contribution in [0.15, 0.2) is 42.5 Å². The van der Waals surface area contributed by atoms with Gasteiger partial charge in [0.1, 0.15) is 11.9 Å². The van der Waals surface area contributed by atoms with Gasteiger partial charge in [-0.1, -0.05) is 24.3 Å². The fourth-order valence-electron chi connectivity index (χ4n) is 3.15. The zero-order chi connectivity index (χ0) is 20.3. The first-order valence-electron chi connectivity index (χ1n) is 8.92. The lowest BCUT2D eigenvalue weighted by atomic mass is 10.1. The summed E-state index contributed by atoms with van der Waals surface area (Å²) in [6, 6.07) is 10.4. The predicted molar refractivity (Wildman–Crippen MR) is 107 cm³/mol. The fourth-order valence-corrected chi connectivity index (χ4v) is 3.61.